The zero-order valence-electron chi connectivity index (χ0n) is 16.7. The number of hydrogen-bond acceptors (Lipinski definition) is 2. The number of aromatic nitrogens is 1. The highest BCUT2D eigenvalue weighted by atomic mass is 16.5. The van der Waals surface area contributed by atoms with Crippen LogP contribution in [0.25, 0.3) is 0 Å². The van der Waals surface area contributed by atoms with Crippen LogP contribution in [-0.2, 0) is 17.8 Å². The summed E-state index contributed by atoms with van der Waals surface area (Å²) < 4.78 is 7.45. The number of methoxy groups -OCH3 is 1. The van der Waals surface area contributed by atoms with Gasteiger partial charge in [0.1, 0.15) is 19.2 Å². The van der Waals surface area contributed by atoms with Crippen molar-refractivity contribution >= 4 is 0 Å². The first-order valence-corrected chi connectivity index (χ1v) is 9.68. The fourth-order valence-electron chi connectivity index (χ4n) is 3.33. The summed E-state index contributed by atoms with van der Waals surface area (Å²) in [6.45, 7) is 10.7. The highest BCUT2D eigenvalue weighted by Gasteiger charge is 2.18. The van der Waals surface area contributed by atoms with Crippen molar-refractivity contribution in [3.63, 3.8) is 0 Å². The van der Waals surface area contributed by atoms with Crippen molar-refractivity contribution in [1.29, 1.82) is 0 Å². The molecule has 4 heteroatoms. The molecule has 0 aliphatic heterocycles. The van der Waals surface area contributed by atoms with Gasteiger partial charge < -0.3 is 19.3 Å². The van der Waals surface area contributed by atoms with Crippen LogP contribution in [0.3, 0.4) is 0 Å². The smallest absolute Gasteiger partial charge is 0.126 e. The Morgan fingerprint density at radius 3 is 2.62 bits per heavy atom. The van der Waals surface area contributed by atoms with Crippen LogP contribution in [0.1, 0.15) is 37.1 Å². The van der Waals surface area contributed by atoms with Gasteiger partial charge in [0.05, 0.1) is 18.8 Å². The number of nitrogens with zero attached hydrogens (tertiary/aromatic N) is 1. The predicted molar refractivity (Wildman–Crippen MR) is 106 cm³/mol. The lowest BCUT2D eigenvalue weighted by Crippen LogP contribution is -3.12. The number of nitrogens with one attached hydrogen (secondary N) is 1. The third-order valence-corrected chi connectivity index (χ3v) is 4.92. The molecule has 1 heterocycles. The quantitative estimate of drug-likeness (QED) is 0.646. The average molecular weight is 360 g/mol. The van der Waals surface area contributed by atoms with Gasteiger partial charge in [-0.1, -0.05) is 38.1 Å². The number of aliphatic hydroxyl groups excluding tert-OH is 1. The van der Waals surface area contributed by atoms with Gasteiger partial charge in [0, 0.05) is 19.9 Å². The lowest BCUT2D eigenvalue weighted by molar-refractivity contribution is -0.917. The maximum absolute atomic E-state index is 10.2. The van der Waals surface area contributed by atoms with Crippen molar-refractivity contribution in [2.45, 2.75) is 46.4 Å². The molecule has 0 aliphatic carbocycles. The molecule has 1 unspecified atom stereocenters. The summed E-state index contributed by atoms with van der Waals surface area (Å²) in [5.41, 5.74) is 4.00. The van der Waals surface area contributed by atoms with E-state index in [9.17, 15) is 5.11 Å². The second-order valence-electron chi connectivity index (χ2n) is 7.73. The van der Waals surface area contributed by atoms with E-state index in [1.165, 1.54) is 21.7 Å². The summed E-state index contributed by atoms with van der Waals surface area (Å²) >= 11 is 0. The van der Waals surface area contributed by atoms with Crippen molar-refractivity contribution in [2.24, 2.45) is 5.92 Å². The molecule has 2 rings (SSSR count). The van der Waals surface area contributed by atoms with Crippen LogP contribution >= 0.6 is 0 Å². The zero-order chi connectivity index (χ0) is 18.9. The summed E-state index contributed by atoms with van der Waals surface area (Å²) in [5, 5.41) is 10.2. The van der Waals surface area contributed by atoms with Crippen LogP contribution in [0.4, 0.5) is 0 Å². The summed E-state index contributed by atoms with van der Waals surface area (Å²) in [7, 11) is 1.64. The van der Waals surface area contributed by atoms with Gasteiger partial charge in [-0.05, 0) is 42.5 Å². The normalized spacial score (nSPS) is 13.9. The fraction of sp³-hybridized carbons (Fsp3) is 0.545. The minimum absolute atomic E-state index is 0.398. The molecule has 2 N–H and O–H groups in total. The molecule has 0 saturated carbocycles. The summed E-state index contributed by atoms with van der Waals surface area (Å²) in [5.74, 6) is 0.670. The van der Waals surface area contributed by atoms with Crippen molar-refractivity contribution in [2.75, 3.05) is 26.8 Å². The van der Waals surface area contributed by atoms with Gasteiger partial charge in [-0.2, -0.15) is 0 Å². The average Bonchev–Trinajstić information content (AvgIpc) is 3.02. The molecular formula is C22H35N2O2+. The molecular weight excluding hydrogens is 324 g/mol. The van der Waals surface area contributed by atoms with Crippen LogP contribution in [-0.4, -0.2) is 42.6 Å². The molecule has 0 fully saturated rings. The van der Waals surface area contributed by atoms with Crippen LogP contribution in [0.2, 0.25) is 0 Å². The Hall–Kier alpha value is -1.62. The maximum Gasteiger partial charge on any atom is 0.126 e. The molecule has 0 radical (unpaired) electrons. The topological polar surface area (TPSA) is 38.8 Å². The molecule has 1 aromatic carbocycles. The Morgan fingerprint density at radius 2 is 1.92 bits per heavy atom. The molecule has 26 heavy (non-hydrogen) atoms. The van der Waals surface area contributed by atoms with E-state index >= 15 is 0 Å². The van der Waals surface area contributed by atoms with Crippen molar-refractivity contribution in [3.05, 3.63) is 59.4 Å². The molecule has 2 aromatic rings. The Kier molecular flexibility index (Phi) is 8.36. The number of quaternary nitrogens is 1. The van der Waals surface area contributed by atoms with Gasteiger partial charge in [0.25, 0.3) is 0 Å². The molecule has 1 aromatic heterocycles. The fourth-order valence-corrected chi connectivity index (χ4v) is 3.33. The molecule has 144 valence electrons. The summed E-state index contributed by atoms with van der Waals surface area (Å²) in [6, 6.07) is 12.9. The van der Waals surface area contributed by atoms with Gasteiger partial charge in [-0.15, -0.1) is 0 Å². The molecule has 0 aliphatic rings. The van der Waals surface area contributed by atoms with E-state index in [1.807, 2.05) is 0 Å². The van der Waals surface area contributed by atoms with Crippen molar-refractivity contribution < 1.29 is 14.7 Å². The van der Waals surface area contributed by atoms with E-state index in [0.29, 0.717) is 12.5 Å². The van der Waals surface area contributed by atoms with E-state index in [1.54, 1.807) is 7.11 Å². The number of rotatable bonds is 11. The third-order valence-electron chi connectivity index (χ3n) is 4.92. The molecule has 0 spiro atoms. The summed E-state index contributed by atoms with van der Waals surface area (Å²) in [4.78, 5) is 1.41. The number of benzene rings is 1. The Balaban J connectivity index is 2.07. The highest BCUT2D eigenvalue weighted by molar-refractivity contribution is 5.26. The number of ether oxygens (including phenoxy) is 1. The van der Waals surface area contributed by atoms with Crippen LogP contribution in [0.15, 0.2) is 42.6 Å². The predicted octanol–water partition coefficient (Wildman–Crippen LogP) is 2.28. The minimum atomic E-state index is -0.415. The maximum atomic E-state index is 10.2. The molecule has 4 nitrogen and oxygen atoms in total. The first-order chi connectivity index (χ1) is 12.5. The number of aryl methyl sites for hydroxylation is 1. The monoisotopic (exact) mass is 359 g/mol. The number of hydrogen-bond donors (Lipinski definition) is 2. The third kappa shape index (κ3) is 6.60. The van der Waals surface area contributed by atoms with Crippen LogP contribution in [0.5, 0.6) is 0 Å². The van der Waals surface area contributed by atoms with Crippen LogP contribution < -0.4 is 4.90 Å². The zero-order valence-corrected chi connectivity index (χ0v) is 16.7. The molecule has 0 amide bonds. The minimum Gasteiger partial charge on any atom is -0.385 e. The summed E-state index contributed by atoms with van der Waals surface area (Å²) in [6.07, 6.45) is 2.91. The standard InChI is InChI=1S/C22H34N2O2/c1-18(2)11-13-23(16-22(25)17-26-4)15-21-10-7-12-24(21)14-20-9-6-5-8-19(20)3/h5-10,12,18,22,25H,11,13-17H2,1-4H3/p+1/t22-/m1/s1. The van der Waals surface area contributed by atoms with Gasteiger partial charge in [0.15, 0.2) is 0 Å². The lowest BCUT2D eigenvalue weighted by atomic mass is 10.1. The SMILES string of the molecule is COC[C@H](O)C[NH+](CCC(C)C)Cc1cccn1Cc1ccccc1C. The van der Waals surface area contributed by atoms with E-state index in [-0.39, 0.29) is 0 Å². The van der Waals surface area contributed by atoms with Gasteiger partial charge in [-0.3, -0.25) is 0 Å². The Morgan fingerprint density at radius 1 is 1.15 bits per heavy atom. The lowest BCUT2D eigenvalue weighted by Gasteiger charge is -2.24. The largest absolute Gasteiger partial charge is 0.385 e. The number of aliphatic hydroxyl groups is 1. The second kappa shape index (κ2) is 10.5. The Bertz CT molecular complexity index is 651. The second-order valence-corrected chi connectivity index (χ2v) is 7.73. The van der Waals surface area contributed by atoms with E-state index < -0.39 is 6.10 Å². The molecule has 0 saturated heterocycles. The van der Waals surface area contributed by atoms with Crippen molar-refractivity contribution in [3.8, 4) is 0 Å². The first-order valence-electron chi connectivity index (χ1n) is 9.68. The first kappa shape index (κ1) is 20.7. The van der Waals surface area contributed by atoms with Gasteiger partial charge in [0.2, 0.25) is 0 Å². The Labute approximate surface area is 158 Å². The van der Waals surface area contributed by atoms with E-state index in [0.717, 1.165) is 32.6 Å². The van der Waals surface area contributed by atoms with E-state index in [2.05, 4.69) is 67.9 Å². The van der Waals surface area contributed by atoms with E-state index in [4.69, 9.17) is 4.74 Å². The van der Waals surface area contributed by atoms with Gasteiger partial charge >= 0.3 is 0 Å². The molecule has 2 atom stereocenters. The van der Waals surface area contributed by atoms with Gasteiger partial charge in [-0.25, -0.2) is 0 Å². The van der Waals surface area contributed by atoms with Crippen LogP contribution in [0, 0.1) is 12.8 Å². The molecule has 0 bridgehead atoms. The van der Waals surface area contributed by atoms with Crippen molar-refractivity contribution in [1.82, 2.24) is 4.57 Å². The highest BCUT2D eigenvalue weighted by Crippen LogP contribution is 2.11.